The number of nitrogens with zero attached hydrogens (tertiary/aromatic N) is 3. The van der Waals surface area contributed by atoms with Crippen LogP contribution in [0.4, 0.5) is 11.5 Å². The van der Waals surface area contributed by atoms with E-state index >= 15 is 0 Å². The summed E-state index contributed by atoms with van der Waals surface area (Å²) in [7, 11) is 0. The molecule has 0 unspecified atom stereocenters. The van der Waals surface area contributed by atoms with Gasteiger partial charge in [0.15, 0.2) is 0 Å². The van der Waals surface area contributed by atoms with Crippen molar-refractivity contribution < 1.29 is 0 Å². The Morgan fingerprint density at radius 1 is 1.30 bits per heavy atom. The van der Waals surface area contributed by atoms with Crippen LogP contribution in [-0.2, 0) is 6.42 Å². The molecule has 0 amide bonds. The molecule has 0 radical (unpaired) electrons. The Kier molecular flexibility index (Phi) is 6.11. The number of para-hydroxylation sites is 1. The Morgan fingerprint density at radius 2 is 2.04 bits per heavy atom. The molecule has 0 aliphatic heterocycles. The van der Waals surface area contributed by atoms with Gasteiger partial charge in [0.25, 0.3) is 0 Å². The summed E-state index contributed by atoms with van der Waals surface area (Å²) in [5, 5.41) is 3.74. The first-order valence-electron chi connectivity index (χ1n) is 7.40. The van der Waals surface area contributed by atoms with Crippen molar-refractivity contribution >= 4 is 28.8 Å². The van der Waals surface area contributed by atoms with E-state index in [-0.39, 0.29) is 0 Å². The lowest BCUT2D eigenvalue weighted by Gasteiger charge is -2.11. The van der Waals surface area contributed by atoms with Gasteiger partial charge >= 0.3 is 0 Å². The molecule has 120 valence electrons. The second-order valence-electron chi connectivity index (χ2n) is 4.91. The van der Waals surface area contributed by atoms with Crippen LogP contribution in [0, 0.1) is 0 Å². The Labute approximate surface area is 141 Å². The van der Waals surface area contributed by atoms with Gasteiger partial charge in [0.05, 0.1) is 11.4 Å². The third-order valence-electron chi connectivity index (χ3n) is 3.36. The average Bonchev–Trinajstić information content (AvgIpc) is 2.57. The predicted octanol–water partition coefficient (Wildman–Crippen LogP) is 3.74. The summed E-state index contributed by atoms with van der Waals surface area (Å²) in [6.07, 6.45) is 3.80. The summed E-state index contributed by atoms with van der Waals surface area (Å²) < 4.78 is 0. The number of nitrogens with one attached hydrogen (secondary N) is 1. The van der Waals surface area contributed by atoms with Crippen LogP contribution in [0.1, 0.15) is 19.5 Å². The molecule has 0 aliphatic carbocycles. The van der Waals surface area contributed by atoms with E-state index in [0.717, 1.165) is 29.1 Å². The van der Waals surface area contributed by atoms with Crippen molar-refractivity contribution in [1.29, 1.82) is 0 Å². The van der Waals surface area contributed by atoms with Crippen molar-refractivity contribution in [1.82, 2.24) is 9.97 Å². The number of aromatic nitrogens is 2. The maximum Gasteiger partial charge on any atom is 0.148 e. The van der Waals surface area contributed by atoms with Crippen LogP contribution < -0.4 is 11.1 Å². The first-order valence-corrected chi connectivity index (χ1v) is 7.78. The Bertz CT molecular complexity index is 710. The minimum Gasteiger partial charge on any atom is -0.404 e. The Morgan fingerprint density at radius 3 is 2.70 bits per heavy atom. The van der Waals surface area contributed by atoms with E-state index < -0.39 is 0 Å². The molecule has 1 aromatic heterocycles. The molecule has 1 heterocycles. The van der Waals surface area contributed by atoms with Crippen molar-refractivity contribution in [3.05, 3.63) is 59.1 Å². The zero-order valence-corrected chi connectivity index (χ0v) is 14.0. The van der Waals surface area contributed by atoms with Crippen LogP contribution in [-0.4, -0.2) is 22.2 Å². The predicted molar refractivity (Wildman–Crippen MR) is 96.4 cm³/mol. The van der Waals surface area contributed by atoms with Gasteiger partial charge < -0.3 is 11.1 Å². The molecule has 0 spiro atoms. The van der Waals surface area contributed by atoms with E-state index in [0.29, 0.717) is 17.4 Å². The van der Waals surface area contributed by atoms with E-state index in [2.05, 4.69) is 20.3 Å². The number of halogens is 1. The smallest absolute Gasteiger partial charge is 0.148 e. The molecule has 1 aromatic carbocycles. The van der Waals surface area contributed by atoms with Crippen molar-refractivity contribution in [2.24, 2.45) is 10.7 Å². The van der Waals surface area contributed by atoms with Gasteiger partial charge in [-0.25, -0.2) is 9.97 Å². The number of rotatable bonds is 6. The molecule has 23 heavy (non-hydrogen) atoms. The summed E-state index contributed by atoms with van der Waals surface area (Å²) >= 11 is 6.28. The van der Waals surface area contributed by atoms with Gasteiger partial charge in [-0.15, -0.1) is 0 Å². The molecule has 2 rings (SSSR count). The lowest BCUT2D eigenvalue weighted by Crippen LogP contribution is -2.14. The highest BCUT2D eigenvalue weighted by molar-refractivity contribution is 6.33. The van der Waals surface area contributed by atoms with Gasteiger partial charge in [0, 0.05) is 24.0 Å². The standard InChI is InChI=1S/C17H20ClN5/c1-3-15-16(18)17(22-11-21-15)20-10-13(9-19)12(2)23-14-7-5-4-6-8-14/h4-9,11H,3,10,19H2,1-2H3,(H,20,21,22). The largest absolute Gasteiger partial charge is 0.404 e. The Hall–Kier alpha value is -2.40. The lowest BCUT2D eigenvalue weighted by atomic mass is 10.2. The summed E-state index contributed by atoms with van der Waals surface area (Å²) in [5.74, 6) is 0.602. The van der Waals surface area contributed by atoms with Gasteiger partial charge in [-0.1, -0.05) is 36.7 Å². The van der Waals surface area contributed by atoms with Crippen LogP contribution in [0.5, 0.6) is 0 Å². The number of anilines is 1. The highest BCUT2D eigenvalue weighted by Gasteiger charge is 2.09. The summed E-state index contributed by atoms with van der Waals surface area (Å²) in [5.41, 5.74) is 9.16. The van der Waals surface area contributed by atoms with Crippen LogP contribution in [0.2, 0.25) is 5.02 Å². The van der Waals surface area contributed by atoms with Crippen molar-refractivity contribution in [3.8, 4) is 0 Å². The van der Waals surface area contributed by atoms with E-state index in [9.17, 15) is 0 Å². The zero-order valence-electron chi connectivity index (χ0n) is 13.3. The second-order valence-corrected chi connectivity index (χ2v) is 5.29. The van der Waals surface area contributed by atoms with Gasteiger partial charge in [-0.2, -0.15) is 0 Å². The van der Waals surface area contributed by atoms with Crippen molar-refractivity contribution in [2.75, 3.05) is 11.9 Å². The fraction of sp³-hybridized carbons (Fsp3) is 0.235. The minimum atomic E-state index is 0.485. The van der Waals surface area contributed by atoms with Crippen LogP contribution in [0.25, 0.3) is 0 Å². The summed E-state index contributed by atoms with van der Waals surface area (Å²) in [6.45, 7) is 4.41. The number of benzene rings is 1. The third-order valence-corrected chi connectivity index (χ3v) is 3.76. The molecule has 0 saturated heterocycles. The van der Waals surface area contributed by atoms with Crippen molar-refractivity contribution in [2.45, 2.75) is 20.3 Å². The fourth-order valence-electron chi connectivity index (χ4n) is 2.03. The zero-order chi connectivity index (χ0) is 16.7. The normalized spacial score (nSPS) is 12.3. The number of aryl methyl sites for hydroxylation is 1. The quantitative estimate of drug-likeness (QED) is 0.791. The average molecular weight is 330 g/mol. The van der Waals surface area contributed by atoms with E-state index in [1.54, 1.807) is 6.20 Å². The SMILES string of the molecule is CCc1ncnc(NCC(=CN)C(C)=Nc2ccccc2)c1Cl. The fourth-order valence-corrected chi connectivity index (χ4v) is 2.33. The second kappa shape index (κ2) is 8.29. The van der Waals surface area contributed by atoms with E-state index in [4.69, 9.17) is 17.3 Å². The van der Waals surface area contributed by atoms with Gasteiger partial charge in [0.1, 0.15) is 17.2 Å². The molecule has 3 N–H and O–H groups in total. The molecule has 6 heteroatoms. The Balaban J connectivity index is 2.10. The maximum atomic E-state index is 6.28. The van der Waals surface area contributed by atoms with Crippen molar-refractivity contribution in [3.63, 3.8) is 0 Å². The van der Waals surface area contributed by atoms with Gasteiger partial charge in [-0.3, -0.25) is 4.99 Å². The minimum absolute atomic E-state index is 0.485. The topological polar surface area (TPSA) is 76.2 Å². The number of hydrogen-bond acceptors (Lipinski definition) is 5. The number of nitrogens with two attached hydrogens (primary N) is 1. The van der Waals surface area contributed by atoms with Crippen LogP contribution >= 0.6 is 11.6 Å². The first-order chi connectivity index (χ1) is 11.2. The van der Waals surface area contributed by atoms with Crippen LogP contribution in [0.3, 0.4) is 0 Å². The highest BCUT2D eigenvalue weighted by atomic mass is 35.5. The lowest BCUT2D eigenvalue weighted by molar-refractivity contribution is 0.994. The molecule has 5 nitrogen and oxygen atoms in total. The third kappa shape index (κ3) is 4.53. The van der Waals surface area contributed by atoms with E-state index in [1.165, 1.54) is 6.33 Å². The summed E-state index contributed by atoms with van der Waals surface area (Å²) in [6, 6.07) is 9.74. The highest BCUT2D eigenvalue weighted by Crippen LogP contribution is 2.22. The van der Waals surface area contributed by atoms with Gasteiger partial charge in [0.2, 0.25) is 0 Å². The summed E-state index contributed by atoms with van der Waals surface area (Å²) in [4.78, 5) is 12.9. The van der Waals surface area contributed by atoms with Crippen LogP contribution in [0.15, 0.2) is 53.4 Å². The number of hydrogen-bond donors (Lipinski definition) is 2. The molecule has 0 atom stereocenters. The first kappa shape index (κ1) is 17.0. The number of aliphatic imine (C=N–C) groups is 1. The molecule has 0 bridgehead atoms. The monoisotopic (exact) mass is 329 g/mol. The molecule has 2 aromatic rings. The molecule has 0 aliphatic rings. The maximum absolute atomic E-state index is 6.28. The van der Waals surface area contributed by atoms with Gasteiger partial charge in [-0.05, 0) is 25.5 Å². The molecular weight excluding hydrogens is 310 g/mol. The van der Waals surface area contributed by atoms with E-state index in [1.807, 2.05) is 44.2 Å². The molecule has 0 saturated carbocycles. The molecule has 0 fully saturated rings. The molecular formula is C17H20ClN5.